The Morgan fingerprint density at radius 3 is 2.46 bits per heavy atom. The SMILES string of the molecule is Cc1cccc(Cl)c1S(=O)(=O)CNCCCN1C(=O)NC(S(C)(=O)=O)=C(C(=O)O)C1c1cccc([N+](=O)[O-])c1. The minimum Gasteiger partial charge on any atom is -0.478 e. The van der Waals surface area contributed by atoms with Crippen molar-refractivity contribution in [2.45, 2.75) is 24.3 Å². The van der Waals surface area contributed by atoms with Gasteiger partial charge in [0, 0.05) is 24.9 Å². The summed E-state index contributed by atoms with van der Waals surface area (Å²) in [5.41, 5.74) is -0.570. The molecule has 3 N–H and O–H groups in total. The number of nitro groups is 1. The number of aliphatic carboxylic acids is 1. The number of nitrogens with one attached hydrogen (secondary N) is 2. The second-order valence-corrected chi connectivity index (χ2v) is 13.0. The van der Waals surface area contributed by atoms with Crippen molar-refractivity contribution in [3.8, 4) is 0 Å². The summed E-state index contributed by atoms with van der Waals surface area (Å²) in [6.07, 6.45) is 0.855. The van der Waals surface area contributed by atoms with Crippen LogP contribution in [-0.4, -0.2) is 69.0 Å². The average molecular weight is 601 g/mol. The monoisotopic (exact) mass is 600 g/mol. The summed E-state index contributed by atoms with van der Waals surface area (Å²) < 4.78 is 50.2. The topological polar surface area (TPSA) is 193 Å². The van der Waals surface area contributed by atoms with Gasteiger partial charge >= 0.3 is 12.0 Å². The summed E-state index contributed by atoms with van der Waals surface area (Å²) >= 11 is 6.06. The highest BCUT2D eigenvalue weighted by molar-refractivity contribution is 7.94. The maximum atomic E-state index is 13.0. The van der Waals surface area contributed by atoms with E-state index in [1.54, 1.807) is 19.1 Å². The summed E-state index contributed by atoms with van der Waals surface area (Å²) in [6, 6.07) is 7.17. The van der Waals surface area contributed by atoms with Gasteiger partial charge in [-0.25, -0.2) is 26.4 Å². The van der Waals surface area contributed by atoms with E-state index in [0.29, 0.717) is 5.56 Å². The van der Waals surface area contributed by atoms with Crippen molar-refractivity contribution in [2.24, 2.45) is 0 Å². The largest absolute Gasteiger partial charge is 0.478 e. The van der Waals surface area contributed by atoms with Crippen LogP contribution < -0.4 is 10.6 Å². The van der Waals surface area contributed by atoms with Gasteiger partial charge in [-0.1, -0.05) is 35.9 Å². The molecule has 0 saturated heterocycles. The van der Waals surface area contributed by atoms with E-state index in [2.05, 4.69) is 10.6 Å². The predicted octanol–water partition coefficient (Wildman–Crippen LogP) is 2.37. The Hall–Kier alpha value is -3.53. The van der Waals surface area contributed by atoms with Gasteiger partial charge in [-0.15, -0.1) is 0 Å². The fourth-order valence-corrected chi connectivity index (χ4v) is 7.12. The molecule has 0 bridgehead atoms. The van der Waals surface area contributed by atoms with Gasteiger partial charge in [-0.05, 0) is 37.1 Å². The van der Waals surface area contributed by atoms with Crippen molar-refractivity contribution in [3.05, 3.63) is 79.3 Å². The number of carboxylic acids is 1. The molecule has 0 spiro atoms. The number of aryl methyl sites for hydroxylation is 1. The zero-order valence-electron chi connectivity index (χ0n) is 20.7. The number of sulfone groups is 2. The van der Waals surface area contributed by atoms with Gasteiger partial charge in [0.2, 0.25) is 0 Å². The highest BCUT2D eigenvalue weighted by Crippen LogP contribution is 2.36. The van der Waals surface area contributed by atoms with Gasteiger partial charge in [0.15, 0.2) is 19.7 Å². The Kier molecular flexibility index (Phi) is 9.00. The molecule has 0 aliphatic carbocycles. The summed E-state index contributed by atoms with van der Waals surface area (Å²) in [5.74, 6) is -2.10. The number of hydrogen-bond donors (Lipinski definition) is 3. The lowest BCUT2D eigenvalue weighted by atomic mass is 9.95. The zero-order chi connectivity index (χ0) is 29.1. The number of carboxylic acid groups (broad SMARTS) is 1. The van der Waals surface area contributed by atoms with Crippen LogP contribution in [0.15, 0.2) is 58.0 Å². The van der Waals surface area contributed by atoms with Gasteiger partial charge in [-0.3, -0.25) is 15.4 Å². The molecule has 0 saturated carbocycles. The molecule has 2 aromatic rings. The molecule has 1 aliphatic heterocycles. The molecule has 0 radical (unpaired) electrons. The molecule has 13 nitrogen and oxygen atoms in total. The van der Waals surface area contributed by atoms with Gasteiger partial charge in [-0.2, -0.15) is 0 Å². The summed E-state index contributed by atoms with van der Waals surface area (Å²) in [6.45, 7) is 1.53. The van der Waals surface area contributed by atoms with Crippen LogP contribution in [0.25, 0.3) is 0 Å². The molecule has 0 aromatic heterocycles. The molecule has 39 heavy (non-hydrogen) atoms. The third kappa shape index (κ3) is 6.73. The van der Waals surface area contributed by atoms with Gasteiger partial charge < -0.3 is 15.3 Å². The van der Waals surface area contributed by atoms with Crippen LogP contribution in [0.1, 0.15) is 23.6 Å². The van der Waals surface area contributed by atoms with Crippen LogP contribution >= 0.6 is 11.6 Å². The van der Waals surface area contributed by atoms with Crippen molar-refractivity contribution >= 4 is 49.0 Å². The molecule has 16 heteroatoms. The minimum absolute atomic E-state index is 0.00940. The van der Waals surface area contributed by atoms with Gasteiger partial charge in [0.05, 0.1) is 26.5 Å². The molecule has 1 aliphatic rings. The fraction of sp³-hybridized carbons (Fsp3) is 0.304. The van der Waals surface area contributed by atoms with E-state index in [0.717, 1.165) is 17.2 Å². The molecule has 1 heterocycles. The number of nitro benzene ring substituents is 1. The molecule has 2 aromatic carbocycles. The maximum Gasteiger partial charge on any atom is 0.336 e. The van der Waals surface area contributed by atoms with Crippen molar-refractivity contribution in [1.29, 1.82) is 0 Å². The number of urea groups is 1. The second-order valence-electron chi connectivity index (χ2n) is 8.70. The van der Waals surface area contributed by atoms with E-state index >= 15 is 0 Å². The third-order valence-corrected chi connectivity index (χ3v) is 9.07. The molecular weight excluding hydrogens is 576 g/mol. The second kappa shape index (κ2) is 11.7. The molecule has 1 unspecified atom stereocenters. The van der Waals surface area contributed by atoms with Crippen LogP contribution in [0.5, 0.6) is 0 Å². The Morgan fingerprint density at radius 1 is 1.21 bits per heavy atom. The van der Waals surface area contributed by atoms with Gasteiger partial charge in [0.25, 0.3) is 5.69 Å². The Bertz CT molecular complexity index is 1550. The number of benzene rings is 2. The number of hydrogen-bond acceptors (Lipinski definition) is 9. The first-order chi connectivity index (χ1) is 18.1. The lowest BCUT2D eigenvalue weighted by molar-refractivity contribution is -0.384. The number of rotatable bonds is 11. The van der Waals surface area contributed by atoms with E-state index < -0.39 is 59.1 Å². The van der Waals surface area contributed by atoms with Crippen LogP contribution in [0.3, 0.4) is 0 Å². The molecular formula is C23H25ClN4O9S2. The van der Waals surface area contributed by atoms with Crippen LogP contribution in [0.4, 0.5) is 10.5 Å². The van der Waals surface area contributed by atoms with E-state index in [1.807, 2.05) is 0 Å². The standard InChI is InChI=1S/C23H25ClN4O9S2/c1-14-6-3-9-17(24)20(14)39(36,37)13-25-10-5-11-27-19(15-7-4-8-16(12-15)28(32)33)18(22(29)30)21(26-23(27)31)38(2,34)35/h3-4,6-9,12,19,25H,5,10-11,13H2,1-2H3,(H,26,31)(H,29,30). The third-order valence-electron chi connectivity index (χ3n) is 5.83. The summed E-state index contributed by atoms with van der Waals surface area (Å²) in [4.78, 5) is 36.8. The number of carbonyl (C=O) groups excluding carboxylic acids is 1. The van der Waals surface area contributed by atoms with Crippen LogP contribution in [0, 0.1) is 17.0 Å². The van der Waals surface area contributed by atoms with Crippen molar-refractivity contribution < 1.29 is 36.5 Å². The summed E-state index contributed by atoms with van der Waals surface area (Å²) in [5, 5.41) is 25.4. The van der Waals surface area contributed by atoms with Gasteiger partial charge in [0.1, 0.15) is 10.9 Å². The molecule has 210 valence electrons. The van der Waals surface area contributed by atoms with Crippen molar-refractivity contribution in [1.82, 2.24) is 15.5 Å². The average Bonchev–Trinajstić information content (AvgIpc) is 2.83. The van der Waals surface area contributed by atoms with Crippen LogP contribution in [-0.2, 0) is 24.5 Å². The maximum absolute atomic E-state index is 13.0. The smallest absolute Gasteiger partial charge is 0.336 e. The Morgan fingerprint density at radius 2 is 1.87 bits per heavy atom. The van der Waals surface area contributed by atoms with E-state index in [9.17, 15) is 41.6 Å². The van der Waals surface area contributed by atoms with Crippen LogP contribution in [0.2, 0.25) is 5.02 Å². The number of non-ortho nitro benzene ring substituents is 1. The first-order valence-electron chi connectivity index (χ1n) is 11.3. The molecule has 1 atom stereocenters. The number of halogens is 1. The predicted molar refractivity (Wildman–Crippen MR) is 141 cm³/mol. The molecule has 0 fully saturated rings. The molecule has 3 rings (SSSR count). The first kappa shape index (κ1) is 30.0. The lowest BCUT2D eigenvalue weighted by Crippen LogP contribution is -2.50. The fourth-order valence-electron chi connectivity index (χ4n) is 4.19. The van der Waals surface area contributed by atoms with Crippen molar-refractivity contribution in [3.63, 3.8) is 0 Å². The molecule has 2 amide bonds. The normalized spacial score (nSPS) is 16.2. The van der Waals surface area contributed by atoms with E-state index in [1.165, 1.54) is 24.3 Å². The van der Waals surface area contributed by atoms with E-state index in [4.69, 9.17) is 11.6 Å². The first-order valence-corrected chi connectivity index (χ1v) is 15.3. The minimum atomic E-state index is -4.21. The highest BCUT2D eigenvalue weighted by Gasteiger charge is 2.42. The quantitative estimate of drug-likeness (QED) is 0.196. The van der Waals surface area contributed by atoms with E-state index in [-0.39, 0.29) is 40.7 Å². The Balaban J connectivity index is 1.87. The number of nitrogens with zero attached hydrogens (tertiary/aromatic N) is 2. The summed E-state index contributed by atoms with van der Waals surface area (Å²) in [7, 11) is -8.01. The Labute approximate surface area is 229 Å². The van der Waals surface area contributed by atoms with Crippen molar-refractivity contribution in [2.75, 3.05) is 25.2 Å². The number of carbonyl (C=O) groups is 2. The number of amides is 2. The zero-order valence-corrected chi connectivity index (χ0v) is 23.1. The highest BCUT2D eigenvalue weighted by atomic mass is 35.5. The lowest BCUT2D eigenvalue weighted by Gasteiger charge is -2.37.